The van der Waals surface area contributed by atoms with Gasteiger partial charge in [-0.15, -0.1) is 0 Å². The van der Waals surface area contributed by atoms with Crippen molar-refractivity contribution in [2.24, 2.45) is 11.7 Å². The number of hydrogen-bond acceptors (Lipinski definition) is 1. The molecule has 0 saturated heterocycles. The molecule has 1 heteroatoms. The Hall–Kier alpha value is -1.08. The van der Waals surface area contributed by atoms with Crippen LogP contribution < -0.4 is 5.73 Å². The summed E-state index contributed by atoms with van der Waals surface area (Å²) in [6, 6.07) is 9.17. The molecule has 0 heterocycles. The maximum atomic E-state index is 6.36. The van der Waals surface area contributed by atoms with Crippen LogP contribution in [0, 0.1) is 5.92 Å². The number of benzene rings is 1. The molecule has 1 aromatic carbocycles. The van der Waals surface area contributed by atoms with Crippen LogP contribution in [0.3, 0.4) is 0 Å². The van der Waals surface area contributed by atoms with Gasteiger partial charge in [-0.1, -0.05) is 36.4 Å². The van der Waals surface area contributed by atoms with Crippen LogP contribution in [0.25, 0.3) is 0 Å². The summed E-state index contributed by atoms with van der Waals surface area (Å²) < 4.78 is 0. The van der Waals surface area contributed by atoms with E-state index in [4.69, 9.17) is 5.73 Å². The monoisotopic (exact) mass is 199 g/mol. The van der Waals surface area contributed by atoms with Crippen LogP contribution in [0.5, 0.6) is 0 Å². The largest absolute Gasteiger partial charge is 0.327 e. The number of allylic oxidation sites excluding steroid dienone is 2. The molecule has 0 saturated carbocycles. The summed E-state index contributed by atoms with van der Waals surface area (Å²) in [5.74, 6) is 1.21. The summed E-state index contributed by atoms with van der Waals surface area (Å²) in [4.78, 5) is 0. The quantitative estimate of drug-likeness (QED) is 0.639. The summed E-state index contributed by atoms with van der Waals surface area (Å²) in [6.07, 6.45) is 8.07. The van der Waals surface area contributed by atoms with E-state index in [0.717, 1.165) is 19.3 Å². The first-order valence-electron chi connectivity index (χ1n) is 5.84. The minimum atomic E-state index is 0.356. The van der Waals surface area contributed by atoms with Gasteiger partial charge in [-0.3, -0.25) is 0 Å². The molecule has 2 bridgehead atoms. The minimum absolute atomic E-state index is 0.356. The Labute approximate surface area is 91.0 Å². The van der Waals surface area contributed by atoms with E-state index in [2.05, 4.69) is 36.4 Å². The van der Waals surface area contributed by atoms with Crippen molar-refractivity contribution < 1.29 is 0 Å². The molecule has 0 fully saturated rings. The third kappa shape index (κ3) is 1.42. The summed E-state index contributed by atoms with van der Waals surface area (Å²) in [7, 11) is 0. The third-order valence-electron chi connectivity index (χ3n) is 3.94. The van der Waals surface area contributed by atoms with E-state index in [1.807, 2.05) is 0 Å². The van der Waals surface area contributed by atoms with Crippen LogP contribution in [0.15, 0.2) is 36.4 Å². The zero-order chi connectivity index (χ0) is 10.3. The zero-order valence-corrected chi connectivity index (χ0v) is 8.89. The predicted octanol–water partition coefficient (Wildman–Crippen LogP) is 2.62. The molecule has 78 valence electrons. The van der Waals surface area contributed by atoms with Crippen molar-refractivity contribution in [2.75, 3.05) is 0 Å². The highest BCUT2D eigenvalue weighted by Crippen LogP contribution is 2.39. The van der Waals surface area contributed by atoms with E-state index in [1.165, 1.54) is 11.1 Å². The smallest absolute Gasteiger partial charge is 0.0145 e. The van der Waals surface area contributed by atoms with Gasteiger partial charge in [0.15, 0.2) is 0 Å². The topological polar surface area (TPSA) is 26.0 Å². The Balaban J connectivity index is 2.09. The van der Waals surface area contributed by atoms with Crippen molar-refractivity contribution in [1.82, 2.24) is 0 Å². The molecule has 15 heavy (non-hydrogen) atoms. The highest BCUT2D eigenvalue weighted by molar-refractivity contribution is 5.36. The Morgan fingerprint density at radius 1 is 1.07 bits per heavy atom. The van der Waals surface area contributed by atoms with Gasteiger partial charge in [-0.05, 0) is 36.3 Å². The van der Waals surface area contributed by atoms with E-state index in [0.29, 0.717) is 17.9 Å². The highest BCUT2D eigenvalue weighted by Gasteiger charge is 2.33. The number of fused-ring (bicyclic) bond motifs is 4. The first-order valence-corrected chi connectivity index (χ1v) is 5.84. The molecule has 2 aliphatic carbocycles. The second-order valence-electron chi connectivity index (χ2n) is 4.79. The van der Waals surface area contributed by atoms with Gasteiger partial charge in [0.1, 0.15) is 0 Å². The number of nitrogens with two attached hydrogens (primary N) is 1. The lowest BCUT2D eigenvalue weighted by Crippen LogP contribution is -2.40. The van der Waals surface area contributed by atoms with Crippen LogP contribution >= 0.6 is 0 Å². The lowest BCUT2D eigenvalue weighted by Gasteiger charge is -2.35. The summed E-state index contributed by atoms with van der Waals surface area (Å²) in [6.45, 7) is 0. The molecule has 3 atom stereocenters. The van der Waals surface area contributed by atoms with Gasteiger partial charge in [-0.2, -0.15) is 0 Å². The van der Waals surface area contributed by atoms with Crippen molar-refractivity contribution in [2.45, 2.75) is 31.2 Å². The van der Waals surface area contributed by atoms with Crippen molar-refractivity contribution in [3.05, 3.63) is 47.5 Å². The van der Waals surface area contributed by atoms with Gasteiger partial charge in [0.25, 0.3) is 0 Å². The van der Waals surface area contributed by atoms with Crippen molar-refractivity contribution in [3.8, 4) is 0 Å². The average molecular weight is 199 g/mol. The van der Waals surface area contributed by atoms with Gasteiger partial charge in [-0.25, -0.2) is 0 Å². The Kier molecular flexibility index (Phi) is 2.14. The molecule has 0 amide bonds. The normalized spacial score (nSPS) is 33.3. The fourth-order valence-electron chi connectivity index (χ4n) is 3.07. The number of rotatable bonds is 0. The first kappa shape index (κ1) is 9.17. The molecule has 0 radical (unpaired) electrons. The maximum absolute atomic E-state index is 6.36. The lowest BCUT2D eigenvalue weighted by atomic mass is 9.72. The third-order valence-corrected chi connectivity index (χ3v) is 3.94. The standard InChI is InChI=1S/C14H17N/c15-14-11-6-2-4-8-13(14)12-7-3-1-5-10(12)9-11/h1-5,7,11,13-14H,6,8-9,15H2. The van der Waals surface area contributed by atoms with Gasteiger partial charge in [0.2, 0.25) is 0 Å². The average Bonchev–Trinajstić information content (AvgIpc) is 2.39. The van der Waals surface area contributed by atoms with Gasteiger partial charge in [0.05, 0.1) is 0 Å². The predicted molar refractivity (Wildman–Crippen MR) is 62.7 cm³/mol. The van der Waals surface area contributed by atoms with E-state index in [1.54, 1.807) is 0 Å². The molecular weight excluding hydrogens is 182 g/mol. The molecule has 2 aliphatic rings. The van der Waals surface area contributed by atoms with Crippen LogP contribution in [0.4, 0.5) is 0 Å². The van der Waals surface area contributed by atoms with Crippen LogP contribution in [-0.2, 0) is 6.42 Å². The van der Waals surface area contributed by atoms with Gasteiger partial charge < -0.3 is 5.73 Å². The van der Waals surface area contributed by atoms with E-state index in [-0.39, 0.29) is 0 Å². The zero-order valence-electron chi connectivity index (χ0n) is 8.89. The summed E-state index contributed by atoms with van der Waals surface area (Å²) in [5, 5.41) is 0. The van der Waals surface area contributed by atoms with E-state index in [9.17, 15) is 0 Å². The fraction of sp³-hybridized carbons (Fsp3) is 0.429. The Bertz CT molecular complexity index is 394. The molecule has 0 aromatic heterocycles. The van der Waals surface area contributed by atoms with Crippen molar-refractivity contribution in [1.29, 1.82) is 0 Å². The summed E-state index contributed by atoms with van der Waals surface area (Å²) in [5.41, 5.74) is 9.38. The second-order valence-corrected chi connectivity index (χ2v) is 4.79. The second kappa shape index (κ2) is 3.49. The van der Waals surface area contributed by atoms with Gasteiger partial charge in [0, 0.05) is 12.0 Å². The van der Waals surface area contributed by atoms with Crippen LogP contribution in [-0.4, -0.2) is 6.04 Å². The molecule has 1 aromatic rings. The minimum Gasteiger partial charge on any atom is -0.327 e. The molecule has 0 spiro atoms. The molecule has 3 rings (SSSR count). The fourth-order valence-corrected chi connectivity index (χ4v) is 3.07. The Morgan fingerprint density at radius 2 is 1.87 bits per heavy atom. The van der Waals surface area contributed by atoms with Crippen molar-refractivity contribution >= 4 is 0 Å². The molecule has 1 nitrogen and oxygen atoms in total. The summed E-state index contributed by atoms with van der Waals surface area (Å²) >= 11 is 0. The first-order chi connectivity index (χ1) is 7.36. The van der Waals surface area contributed by atoms with Crippen LogP contribution in [0.2, 0.25) is 0 Å². The number of hydrogen-bond donors (Lipinski definition) is 1. The molecular formula is C14H17N. The lowest BCUT2D eigenvalue weighted by molar-refractivity contribution is 0.350. The SMILES string of the molecule is NC1C2CC=CCC1c1ccccc1C2. The Morgan fingerprint density at radius 3 is 2.80 bits per heavy atom. The molecule has 3 unspecified atom stereocenters. The van der Waals surface area contributed by atoms with E-state index >= 15 is 0 Å². The van der Waals surface area contributed by atoms with Gasteiger partial charge >= 0.3 is 0 Å². The van der Waals surface area contributed by atoms with E-state index < -0.39 is 0 Å². The van der Waals surface area contributed by atoms with Crippen molar-refractivity contribution in [3.63, 3.8) is 0 Å². The highest BCUT2D eigenvalue weighted by atomic mass is 14.7. The maximum Gasteiger partial charge on any atom is 0.0145 e. The molecule has 0 aliphatic heterocycles. The van der Waals surface area contributed by atoms with Crippen LogP contribution in [0.1, 0.15) is 29.9 Å². The molecule has 2 N–H and O–H groups in total.